The molecule has 2 atom stereocenters. The smallest absolute Gasteiger partial charge is 0.127 e. The van der Waals surface area contributed by atoms with Gasteiger partial charge in [0.15, 0.2) is 0 Å². The van der Waals surface area contributed by atoms with Crippen molar-refractivity contribution in [2.75, 3.05) is 17.7 Å². The molecule has 1 aromatic rings. The molecule has 0 spiro atoms. The van der Waals surface area contributed by atoms with E-state index in [1.165, 1.54) is 37.8 Å². The summed E-state index contributed by atoms with van der Waals surface area (Å²) in [5.41, 5.74) is 1.18. The van der Waals surface area contributed by atoms with Gasteiger partial charge in [0.25, 0.3) is 0 Å². The molecule has 2 rings (SSSR count). The van der Waals surface area contributed by atoms with Crippen LogP contribution in [-0.2, 0) is 0 Å². The zero-order valence-corrected chi connectivity index (χ0v) is 10.9. The molecule has 94 valence electrons. The van der Waals surface area contributed by atoms with Gasteiger partial charge in [-0.15, -0.1) is 0 Å². The molecule has 1 aliphatic rings. The van der Waals surface area contributed by atoms with E-state index in [1.54, 1.807) is 0 Å². The summed E-state index contributed by atoms with van der Waals surface area (Å²) in [6.45, 7) is 2.36. The molecule has 1 aliphatic carbocycles. The Morgan fingerprint density at radius 3 is 2.88 bits per heavy atom. The topological polar surface area (TPSA) is 37.0 Å². The van der Waals surface area contributed by atoms with Crippen LogP contribution in [0.2, 0.25) is 0 Å². The minimum atomic E-state index is 0.615. The van der Waals surface area contributed by atoms with E-state index >= 15 is 0 Å². The maximum Gasteiger partial charge on any atom is 0.127 e. The Balaban J connectivity index is 2.02. The molecule has 2 N–H and O–H groups in total. The Bertz CT molecular complexity index is 351. The average Bonchev–Trinajstić information content (AvgIpc) is 2.55. The highest BCUT2D eigenvalue weighted by atomic mass is 15.0. The van der Waals surface area contributed by atoms with Crippen LogP contribution in [0.3, 0.4) is 0 Å². The van der Waals surface area contributed by atoms with E-state index in [-0.39, 0.29) is 0 Å². The van der Waals surface area contributed by atoms with Crippen LogP contribution in [0.5, 0.6) is 0 Å². The summed E-state index contributed by atoms with van der Waals surface area (Å²) < 4.78 is 0. The van der Waals surface area contributed by atoms with E-state index in [2.05, 4.69) is 34.7 Å². The van der Waals surface area contributed by atoms with Crippen molar-refractivity contribution >= 4 is 11.5 Å². The Kier molecular flexibility index (Phi) is 4.24. The molecule has 1 saturated carbocycles. The molecule has 3 heteroatoms. The maximum atomic E-state index is 4.24. The summed E-state index contributed by atoms with van der Waals surface area (Å²) in [4.78, 5) is 4.24. The fourth-order valence-corrected chi connectivity index (χ4v) is 2.58. The second-order valence-corrected chi connectivity index (χ2v) is 5.05. The minimum Gasteiger partial charge on any atom is -0.382 e. The van der Waals surface area contributed by atoms with Crippen LogP contribution >= 0.6 is 0 Å². The van der Waals surface area contributed by atoms with Crippen LogP contribution in [-0.4, -0.2) is 18.1 Å². The van der Waals surface area contributed by atoms with Gasteiger partial charge in [-0.25, -0.2) is 4.98 Å². The van der Waals surface area contributed by atoms with Crippen LogP contribution in [0, 0.1) is 5.92 Å². The van der Waals surface area contributed by atoms with Crippen molar-refractivity contribution in [3.63, 3.8) is 0 Å². The fraction of sp³-hybridized carbons (Fsp3) is 0.643. The number of anilines is 2. The van der Waals surface area contributed by atoms with Gasteiger partial charge in [0.1, 0.15) is 5.82 Å². The molecular weight excluding hydrogens is 210 g/mol. The zero-order valence-electron chi connectivity index (χ0n) is 10.9. The van der Waals surface area contributed by atoms with Crippen molar-refractivity contribution in [2.24, 2.45) is 5.92 Å². The number of pyridine rings is 1. The van der Waals surface area contributed by atoms with Gasteiger partial charge in [0.2, 0.25) is 0 Å². The van der Waals surface area contributed by atoms with Gasteiger partial charge >= 0.3 is 0 Å². The molecule has 0 bridgehead atoms. The molecule has 0 aromatic carbocycles. The monoisotopic (exact) mass is 233 g/mol. The maximum absolute atomic E-state index is 4.24. The standard InChI is InChI=1S/C14H23N3/c1-11-6-4-3-5-7-13(11)17-12-8-9-16-14(10-12)15-2/h8-11,13H,3-7H2,1-2H3,(H2,15,16,17). The van der Waals surface area contributed by atoms with Crippen molar-refractivity contribution in [3.8, 4) is 0 Å². The van der Waals surface area contributed by atoms with Gasteiger partial charge in [0.05, 0.1) is 0 Å². The molecule has 0 radical (unpaired) electrons. The van der Waals surface area contributed by atoms with Crippen molar-refractivity contribution < 1.29 is 0 Å². The Hall–Kier alpha value is -1.25. The number of nitrogens with zero attached hydrogens (tertiary/aromatic N) is 1. The zero-order chi connectivity index (χ0) is 12.1. The van der Waals surface area contributed by atoms with Gasteiger partial charge in [-0.2, -0.15) is 0 Å². The third-order valence-corrected chi connectivity index (χ3v) is 3.73. The van der Waals surface area contributed by atoms with Crippen molar-refractivity contribution in [1.82, 2.24) is 4.98 Å². The van der Waals surface area contributed by atoms with Gasteiger partial charge in [-0.05, 0) is 24.8 Å². The molecule has 0 amide bonds. The van der Waals surface area contributed by atoms with E-state index in [0.717, 1.165) is 11.7 Å². The first-order chi connectivity index (χ1) is 8.29. The lowest BCUT2D eigenvalue weighted by atomic mass is 9.97. The van der Waals surface area contributed by atoms with E-state index in [1.807, 2.05) is 13.2 Å². The normalized spacial score (nSPS) is 25.1. The first kappa shape index (κ1) is 12.2. The van der Waals surface area contributed by atoms with Crippen molar-refractivity contribution in [3.05, 3.63) is 18.3 Å². The van der Waals surface area contributed by atoms with E-state index in [4.69, 9.17) is 0 Å². The SMILES string of the molecule is CNc1cc(NC2CCCCCC2C)ccn1. The molecular formula is C14H23N3. The predicted molar refractivity (Wildman–Crippen MR) is 73.4 cm³/mol. The number of aromatic nitrogens is 1. The summed E-state index contributed by atoms with van der Waals surface area (Å²) in [7, 11) is 1.90. The summed E-state index contributed by atoms with van der Waals surface area (Å²) in [5.74, 6) is 1.69. The quantitative estimate of drug-likeness (QED) is 0.784. The third-order valence-electron chi connectivity index (χ3n) is 3.73. The van der Waals surface area contributed by atoms with Crippen LogP contribution < -0.4 is 10.6 Å². The number of hydrogen-bond donors (Lipinski definition) is 2. The van der Waals surface area contributed by atoms with E-state index in [0.29, 0.717) is 6.04 Å². The van der Waals surface area contributed by atoms with Crippen molar-refractivity contribution in [1.29, 1.82) is 0 Å². The molecule has 3 nitrogen and oxygen atoms in total. The Morgan fingerprint density at radius 2 is 2.06 bits per heavy atom. The summed E-state index contributed by atoms with van der Waals surface area (Å²) in [5, 5.41) is 6.74. The molecule has 1 fully saturated rings. The number of hydrogen-bond acceptors (Lipinski definition) is 3. The van der Waals surface area contributed by atoms with E-state index in [9.17, 15) is 0 Å². The Morgan fingerprint density at radius 1 is 1.24 bits per heavy atom. The van der Waals surface area contributed by atoms with Gasteiger partial charge < -0.3 is 10.6 Å². The van der Waals surface area contributed by atoms with E-state index < -0.39 is 0 Å². The highest BCUT2D eigenvalue weighted by molar-refractivity contribution is 5.52. The summed E-state index contributed by atoms with van der Waals surface area (Å²) >= 11 is 0. The molecule has 17 heavy (non-hydrogen) atoms. The molecule has 0 saturated heterocycles. The van der Waals surface area contributed by atoms with Crippen LogP contribution in [0.15, 0.2) is 18.3 Å². The van der Waals surface area contributed by atoms with Crippen LogP contribution in [0.1, 0.15) is 39.0 Å². The second kappa shape index (κ2) is 5.89. The fourth-order valence-electron chi connectivity index (χ4n) is 2.58. The van der Waals surface area contributed by atoms with Crippen LogP contribution in [0.4, 0.5) is 11.5 Å². The second-order valence-electron chi connectivity index (χ2n) is 5.05. The lowest BCUT2D eigenvalue weighted by Crippen LogP contribution is -2.26. The first-order valence-electron chi connectivity index (χ1n) is 6.70. The number of rotatable bonds is 3. The van der Waals surface area contributed by atoms with Crippen LogP contribution in [0.25, 0.3) is 0 Å². The largest absolute Gasteiger partial charge is 0.382 e. The van der Waals surface area contributed by atoms with Gasteiger partial charge in [0, 0.05) is 31.0 Å². The summed E-state index contributed by atoms with van der Waals surface area (Å²) in [6.07, 6.45) is 8.62. The molecule has 1 heterocycles. The summed E-state index contributed by atoms with van der Waals surface area (Å²) in [6, 6.07) is 4.75. The first-order valence-corrected chi connectivity index (χ1v) is 6.70. The van der Waals surface area contributed by atoms with Crippen molar-refractivity contribution in [2.45, 2.75) is 45.1 Å². The Labute approximate surface area is 104 Å². The molecule has 2 unspecified atom stereocenters. The highest BCUT2D eigenvalue weighted by Gasteiger charge is 2.19. The number of nitrogens with one attached hydrogen (secondary N) is 2. The predicted octanol–water partition coefficient (Wildman–Crippen LogP) is 3.50. The minimum absolute atomic E-state index is 0.615. The lowest BCUT2D eigenvalue weighted by Gasteiger charge is -2.24. The van der Waals surface area contributed by atoms with Gasteiger partial charge in [-0.3, -0.25) is 0 Å². The molecule has 1 aromatic heterocycles. The third kappa shape index (κ3) is 3.35. The highest BCUT2D eigenvalue weighted by Crippen LogP contribution is 2.26. The molecule has 0 aliphatic heterocycles. The van der Waals surface area contributed by atoms with Gasteiger partial charge in [-0.1, -0.05) is 26.2 Å². The lowest BCUT2D eigenvalue weighted by molar-refractivity contribution is 0.456. The average molecular weight is 233 g/mol.